The smallest absolute Gasteiger partial charge is 0.221 e. The van der Waals surface area contributed by atoms with Gasteiger partial charge in [0.15, 0.2) is 17.5 Å². The van der Waals surface area contributed by atoms with Crippen LogP contribution in [0.15, 0.2) is 212 Å². The number of rotatable bonds is 6. The highest BCUT2D eigenvalue weighted by molar-refractivity contribution is 6.22. The minimum absolute atomic E-state index is 0.592. The second-order valence-corrected chi connectivity index (χ2v) is 16.1. The summed E-state index contributed by atoms with van der Waals surface area (Å²) in [6.45, 7) is 0. The Morgan fingerprint density at radius 1 is 0.297 bits per heavy atom. The molecule has 0 amide bonds. The standard InChI is InChI=1S/C57H35N7/c1-3-13-36(14-4-1)38-23-27-41(28-24-38)53-60-54(42-29-25-39(26-30-42)37-15-5-2-6-16-37)62-55(61-53)43-32-33-49-46(35-43)52-44-18-8-7-17-40(44)31-34-51(52)63(49)57-59-47-20-10-9-19-45(47)56-58-48-21-11-12-22-50(48)64(56)57/h1-35H. The molecule has 0 fully saturated rings. The van der Waals surface area contributed by atoms with E-state index in [0.717, 1.165) is 105 Å². The lowest BCUT2D eigenvalue weighted by Gasteiger charge is -2.13. The average molecular weight is 818 g/mol. The Balaban J connectivity index is 1.04. The Hall–Kier alpha value is -8.81. The zero-order valence-electron chi connectivity index (χ0n) is 34.3. The van der Waals surface area contributed by atoms with Gasteiger partial charge in [-0.15, -0.1) is 0 Å². The molecule has 0 saturated heterocycles. The fourth-order valence-corrected chi connectivity index (χ4v) is 9.27. The summed E-state index contributed by atoms with van der Waals surface area (Å²) in [4.78, 5) is 26.2. The summed E-state index contributed by atoms with van der Waals surface area (Å²) < 4.78 is 4.50. The average Bonchev–Trinajstić information content (AvgIpc) is 3.93. The summed E-state index contributed by atoms with van der Waals surface area (Å²) in [5.74, 6) is 2.58. The third kappa shape index (κ3) is 5.79. The van der Waals surface area contributed by atoms with E-state index in [1.54, 1.807) is 0 Å². The van der Waals surface area contributed by atoms with Gasteiger partial charge in [-0.2, -0.15) is 0 Å². The number of fused-ring (bicyclic) bond motifs is 10. The molecule has 0 atom stereocenters. The van der Waals surface area contributed by atoms with E-state index >= 15 is 0 Å². The maximum Gasteiger partial charge on any atom is 0.221 e. The van der Waals surface area contributed by atoms with Crippen LogP contribution < -0.4 is 0 Å². The Morgan fingerprint density at radius 3 is 1.47 bits per heavy atom. The monoisotopic (exact) mass is 817 g/mol. The molecule has 0 spiro atoms. The molecule has 4 aromatic heterocycles. The fraction of sp³-hybridized carbons (Fsp3) is 0. The Bertz CT molecular complexity index is 3830. The van der Waals surface area contributed by atoms with Crippen molar-refractivity contribution in [3.63, 3.8) is 0 Å². The lowest BCUT2D eigenvalue weighted by Crippen LogP contribution is -2.06. The van der Waals surface area contributed by atoms with Crippen molar-refractivity contribution in [3.05, 3.63) is 212 Å². The van der Waals surface area contributed by atoms with E-state index in [2.05, 4.69) is 197 Å². The van der Waals surface area contributed by atoms with Crippen LogP contribution >= 0.6 is 0 Å². The van der Waals surface area contributed by atoms with Crippen molar-refractivity contribution in [2.75, 3.05) is 0 Å². The van der Waals surface area contributed by atoms with E-state index < -0.39 is 0 Å². The summed E-state index contributed by atoms with van der Waals surface area (Å²) in [6, 6.07) is 73.9. The number of aromatic nitrogens is 7. The molecular formula is C57H35N7. The SMILES string of the molecule is c1ccc(-c2ccc(-c3nc(-c4ccc(-c5ccccc5)cc4)nc(-c4ccc5c(c4)c4c6ccccc6ccc4n5-c4nc5ccccc5c5nc6ccccc6n45)n3)cc2)cc1. The molecule has 7 nitrogen and oxygen atoms in total. The first-order valence-corrected chi connectivity index (χ1v) is 21.4. The normalized spacial score (nSPS) is 11.8. The Labute approximate surface area is 367 Å². The van der Waals surface area contributed by atoms with Gasteiger partial charge in [-0.3, -0.25) is 8.97 Å². The summed E-state index contributed by atoms with van der Waals surface area (Å²) in [5, 5.41) is 5.51. The van der Waals surface area contributed by atoms with Crippen LogP contribution in [0.5, 0.6) is 0 Å². The minimum Gasteiger partial charge on any atom is -0.279 e. The summed E-state index contributed by atoms with van der Waals surface area (Å²) in [7, 11) is 0. The van der Waals surface area contributed by atoms with Gasteiger partial charge in [-0.1, -0.05) is 164 Å². The second kappa shape index (κ2) is 14.4. The number of para-hydroxylation sites is 3. The third-order valence-electron chi connectivity index (χ3n) is 12.4. The van der Waals surface area contributed by atoms with Crippen LogP contribution in [0.4, 0.5) is 0 Å². The maximum absolute atomic E-state index is 5.42. The number of imidazole rings is 1. The van der Waals surface area contributed by atoms with E-state index in [-0.39, 0.29) is 0 Å². The molecule has 0 N–H and O–H groups in total. The number of hydrogen-bond acceptors (Lipinski definition) is 5. The van der Waals surface area contributed by atoms with Gasteiger partial charge in [0.25, 0.3) is 0 Å². The van der Waals surface area contributed by atoms with Crippen LogP contribution in [-0.4, -0.2) is 33.9 Å². The topological polar surface area (TPSA) is 73.8 Å². The molecule has 0 saturated carbocycles. The van der Waals surface area contributed by atoms with Gasteiger partial charge in [0.05, 0.1) is 27.6 Å². The summed E-state index contributed by atoms with van der Waals surface area (Å²) in [5.41, 5.74) is 13.0. The van der Waals surface area contributed by atoms with Crippen molar-refractivity contribution < 1.29 is 0 Å². The molecular weight excluding hydrogens is 783 g/mol. The molecule has 0 aliphatic carbocycles. The zero-order chi connectivity index (χ0) is 42.1. The lowest BCUT2D eigenvalue weighted by molar-refractivity contribution is 0.979. The van der Waals surface area contributed by atoms with E-state index in [9.17, 15) is 0 Å². The van der Waals surface area contributed by atoms with Crippen molar-refractivity contribution >= 4 is 60.2 Å². The van der Waals surface area contributed by atoms with Crippen LogP contribution in [0.1, 0.15) is 0 Å². The number of hydrogen-bond donors (Lipinski definition) is 0. The molecule has 0 radical (unpaired) electrons. The van der Waals surface area contributed by atoms with Crippen LogP contribution in [0, 0.1) is 0 Å². The highest BCUT2D eigenvalue weighted by Crippen LogP contribution is 2.40. The van der Waals surface area contributed by atoms with Crippen molar-refractivity contribution in [2.45, 2.75) is 0 Å². The molecule has 9 aromatic carbocycles. The number of benzene rings is 9. The summed E-state index contributed by atoms with van der Waals surface area (Å²) >= 11 is 0. The highest BCUT2D eigenvalue weighted by atomic mass is 15.2. The summed E-state index contributed by atoms with van der Waals surface area (Å²) in [6.07, 6.45) is 0. The molecule has 4 heterocycles. The number of nitrogens with zero attached hydrogens (tertiary/aromatic N) is 7. The first-order valence-electron chi connectivity index (χ1n) is 21.4. The van der Waals surface area contributed by atoms with Crippen molar-refractivity contribution in [2.24, 2.45) is 0 Å². The van der Waals surface area contributed by atoms with E-state index in [4.69, 9.17) is 24.9 Å². The predicted octanol–water partition coefficient (Wildman–Crippen LogP) is 13.8. The van der Waals surface area contributed by atoms with Gasteiger partial charge in [0.2, 0.25) is 5.95 Å². The minimum atomic E-state index is 0.592. The van der Waals surface area contributed by atoms with Gasteiger partial charge < -0.3 is 0 Å². The van der Waals surface area contributed by atoms with Crippen LogP contribution in [0.3, 0.4) is 0 Å². The van der Waals surface area contributed by atoms with Crippen molar-refractivity contribution in [1.29, 1.82) is 0 Å². The highest BCUT2D eigenvalue weighted by Gasteiger charge is 2.22. The molecule has 298 valence electrons. The molecule has 0 bridgehead atoms. The van der Waals surface area contributed by atoms with Crippen molar-refractivity contribution in [3.8, 4) is 62.4 Å². The first kappa shape index (κ1) is 35.9. The molecule has 0 aliphatic heterocycles. The molecule has 64 heavy (non-hydrogen) atoms. The van der Waals surface area contributed by atoms with Gasteiger partial charge in [0.1, 0.15) is 5.65 Å². The maximum atomic E-state index is 5.42. The van der Waals surface area contributed by atoms with Crippen LogP contribution in [0.2, 0.25) is 0 Å². The van der Waals surface area contributed by atoms with Crippen LogP contribution in [-0.2, 0) is 0 Å². The molecule has 0 aliphatic rings. The first-order chi connectivity index (χ1) is 31.7. The van der Waals surface area contributed by atoms with Crippen molar-refractivity contribution in [1.82, 2.24) is 33.9 Å². The van der Waals surface area contributed by atoms with Crippen LogP contribution in [0.25, 0.3) is 123 Å². The van der Waals surface area contributed by atoms with Gasteiger partial charge >= 0.3 is 0 Å². The Kier molecular flexibility index (Phi) is 8.08. The quantitative estimate of drug-likeness (QED) is 0.167. The van der Waals surface area contributed by atoms with E-state index in [1.165, 1.54) is 0 Å². The van der Waals surface area contributed by atoms with E-state index in [1.807, 2.05) is 24.3 Å². The predicted molar refractivity (Wildman–Crippen MR) is 260 cm³/mol. The lowest BCUT2D eigenvalue weighted by atomic mass is 10.0. The molecule has 13 rings (SSSR count). The third-order valence-corrected chi connectivity index (χ3v) is 12.4. The van der Waals surface area contributed by atoms with Gasteiger partial charge in [0, 0.05) is 32.8 Å². The zero-order valence-corrected chi connectivity index (χ0v) is 34.3. The Morgan fingerprint density at radius 2 is 0.797 bits per heavy atom. The molecule has 0 unspecified atom stereocenters. The molecule has 13 aromatic rings. The molecule has 7 heteroatoms. The van der Waals surface area contributed by atoms with E-state index in [0.29, 0.717) is 17.5 Å². The van der Waals surface area contributed by atoms with Gasteiger partial charge in [-0.05, 0) is 81.6 Å². The fourth-order valence-electron chi connectivity index (χ4n) is 9.27. The largest absolute Gasteiger partial charge is 0.279 e. The second-order valence-electron chi connectivity index (χ2n) is 16.1. The van der Waals surface area contributed by atoms with Gasteiger partial charge in [-0.25, -0.2) is 24.9 Å².